The Labute approximate surface area is 187 Å². The van der Waals surface area contributed by atoms with Crippen molar-refractivity contribution in [3.63, 3.8) is 0 Å². The lowest BCUT2D eigenvalue weighted by Crippen LogP contribution is -2.14. The molecule has 7 nitrogen and oxygen atoms in total. The summed E-state index contributed by atoms with van der Waals surface area (Å²) in [6, 6.07) is 18.5. The average Bonchev–Trinajstić information content (AvgIpc) is 3.22. The second-order valence-corrected chi connectivity index (χ2v) is 7.66. The first-order valence-electron chi connectivity index (χ1n) is 10.6. The molecule has 7 heteroatoms. The number of aromatic nitrogens is 3. The molecule has 0 spiro atoms. The van der Waals surface area contributed by atoms with E-state index in [1.54, 1.807) is 24.0 Å². The summed E-state index contributed by atoms with van der Waals surface area (Å²) in [6.07, 6.45) is 0.985. The van der Waals surface area contributed by atoms with E-state index < -0.39 is 0 Å². The number of hydrogen-bond donors (Lipinski definition) is 1. The molecule has 1 amide bonds. The maximum absolute atomic E-state index is 12.9. The molecule has 1 atom stereocenters. The summed E-state index contributed by atoms with van der Waals surface area (Å²) in [7, 11) is 1.63. The summed E-state index contributed by atoms with van der Waals surface area (Å²) >= 11 is 0. The minimum atomic E-state index is -0.204. The molecule has 1 aromatic heterocycles. The third-order valence-electron chi connectivity index (χ3n) is 5.29. The van der Waals surface area contributed by atoms with Crippen LogP contribution in [0.3, 0.4) is 0 Å². The van der Waals surface area contributed by atoms with Crippen molar-refractivity contribution in [2.24, 2.45) is 0 Å². The van der Waals surface area contributed by atoms with Gasteiger partial charge >= 0.3 is 0 Å². The number of hydrogen-bond acceptors (Lipinski definition) is 5. The number of nitrogens with one attached hydrogen (secondary N) is 1. The second kappa shape index (κ2) is 9.09. The highest BCUT2D eigenvalue weighted by Gasteiger charge is 2.13. The largest absolute Gasteiger partial charge is 0.497 e. The maximum atomic E-state index is 12.9. The van der Waals surface area contributed by atoms with Crippen molar-refractivity contribution in [1.29, 1.82) is 0 Å². The van der Waals surface area contributed by atoms with Gasteiger partial charge in [-0.15, -0.1) is 10.2 Å². The number of benzene rings is 3. The van der Waals surface area contributed by atoms with E-state index in [1.165, 1.54) is 0 Å². The van der Waals surface area contributed by atoms with Crippen molar-refractivity contribution >= 4 is 22.6 Å². The van der Waals surface area contributed by atoms with Crippen molar-refractivity contribution in [3.8, 4) is 17.2 Å². The van der Waals surface area contributed by atoms with E-state index in [4.69, 9.17) is 9.47 Å². The lowest BCUT2D eigenvalue weighted by Gasteiger charge is -2.13. The van der Waals surface area contributed by atoms with Crippen molar-refractivity contribution in [1.82, 2.24) is 15.0 Å². The van der Waals surface area contributed by atoms with E-state index in [9.17, 15) is 4.79 Å². The fraction of sp³-hybridized carbons (Fsp3) is 0.240. The van der Waals surface area contributed by atoms with Crippen LogP contribution < -0.4 is 14.8 Å². The molecule has 0 radical (unpaired) electrons. The summed E-state index contributed by atoms with van der Waals surface area (Å²) in [6.45, 7) is 6.00. The highest BCUT2D eigenvalue weighted by Crippen LogP contribution is 2.24. The number of anilines is 1. The first-order valence-corrected chi connectivity index (χ1v) is 10.6. The number of fused-ring (bicyclic) bond motifs is 1. The van der Waals surface area contributed by atoms with Gasteiger partial charge in [0.2, 0.25) is 0 Å². The lowest BCUT2D eigenvalue weighted by molar-refractivity contribution is 0.102. The maximum Gasteiger partial charge on any atom is 0.255 e. The number of nitrogens with zero attached hydrogens (tertiary/aromatic N) is 3. The van der Waals surface area contributed by atoms with Gasteiger partial charge in [-0.25, -0.2) is 0 Å². The Morgan fingerprint density at radius 1 is 1.03 bits per heavy atom. The van der Waals surface area contributed by atoms with Gasteiger partial charge in [0, 0.05) is 11.3 Å². The van der Waals surface area contributed by atoms with Gasteiger partial charge < -0.3 is 14.8 Å². The van der Waals surface area contributed by atoms with Crippen LogP contribution in [0.25, 0.3) is 16.7 Å². The SMILES string of the molecule is CCC(C)Oc1cccc(C(=O)Nc2cc3nn(-c4ccc(OC)cc4)nc3cc2C)c1. The molecular formula is C25H26N4O3. The minimum absolute atomic E-state index is 0.0891. The van der Waals surface area contributed by atoms with Crippen LogP contribution in [0, 0.1) is 6.92 Å². The monoisotopic (exact) mass is 430 g/mol. The molecule has 0 saturated carbocycles. The van der Waals surface area contributed by atoms with Gasteiger partial charge in [0.1, 0.15) is 22.5 Å². The molecule has 1 unspecified atom stereocenters. The van der Waals surface area contributed by atoms with Crippen LogP contribution in [0.15, 0.2) is 60.7 Å². The van der Waals surface area contributed by atoms with Crippen LogP contribution in [0.1, 0.15) is 36.2 Å². The molecule has 3 aromatic carbocycles. The molecule has 0 saturated heterocycles. The van der Waals surface area contributed by atoms with Gasteiger partial charge in [0.25, 0.3) is 5.91 Å². The topological polar surface area (TPSA) is 78.3 Å². The van der Waals surface area contributed by atoms with Gasteiger partial charge in [0.15, 0.2) is 0 Å². The summed E-state index contributed by atoms with van der Waals surface area (Å²) in [5.41, 5.74) is 4.39. The zero-order chi connectivity index (χ0) is 22.7. The van der Waals surface area contributed by atoms with Crippen molar-refractivity contribution in [3.05, 3.63) is 71.8 Å². The van der Waals surface area contributed by atoms with Crippen LogP contribution in [0.5, 0.6) is 11.5 Å². The molecule has 1 N–H and O–H groups in total. The number of aryl methyl sites for hydroxylation is 1. The van der Waals surface area contributed by atoms with E-state index in [0.717, 1.165) is 28.9 Å². The normalized spacial score (nSPS) is 11.9. The van der Waals surface area contributed by atoms with E-state index in [-0.39, 0.29) is 12.0 Å². The van der Waals surface area contributed by atoms with E-state index >= 15 is 0 Å². The first kappa shape index (κ1) is 21.4. The molecule has 0 bridgehead atoms. The smallest absolute Gasteiger partial charge is 0.255 e. The fourth-order valence-corrected chi connectivity index (χ4v) is 3.25. The Morgan fingerprint density at radius 2 is 1.75 bits per heavy atom. The van der Waals surface area contributed by atoms with Crippen molar-refractivity contribution in [2.75, 3.05) is 12.4 Å². The van der Waals surface area contributed by atoms with Gasteiger partial charge in [-0.1, -0.05) is 13.0 Å². The summed E-state index contributed by atoms with van der Waals surface area (Å²) in [4.78, 5) is 14.5. The molecule has 0 aliphatic rings. The molecule has 0 fully saturated rings. The van der Waals surface area contributed by atoms with Gasteiger partial charge in [-0.2, -0.15) is 4.80 Å². The molecule has 0 aliphatic carbocycles. The molecule has 4 aromatic rings. The van der Waals surface area contributed by atoms with Gasteiger partial charge in [-0.05, 0) is 80.4 Å². The molecule has 1 heterocycles. The van der Waals surface area contributed by atoms with Crippen LogP contribution in [0.4, 0.5) is 5.69 Å². The Bertz CT molecular complexity index is 1250. The highest BCUT2D eigenvalue weighted by atomic mass is 16.5. The van der Waals surface area contributed by atoms with Gasteiger partial charge in [0.05, 0.1) is 18.9 Å². The quantitative estimate of drug-likeness (QED) is 0.438. The highest BCUT2D eigenvalue weighted by molar-refractivity contribution is 6.05. The van der Waals surface area contributed by atoms with E-state index in [1.807, 2.05) is 62.4 Å². The van der Waals surface area contributed by atoms with Crippen molar-refractivity contribution in [2.45, 2.75) is 33.3 Å². The molecular weight excluding hydrogens is 404 g/mol. The summed E-state index contributed by atoms with van der Waals surface area (Å²) in [5.74, 6) is 1.25. The Hall–Kier alpha value is -3.87. The predicted molar refractivity (Wildman–Crippen MR) is 125 cm³/mol. The number of ether oxygens (including phenoxy) is 2. The number of carbonyl (C=O) groups is 1. The Morgan fingerprint density at radius 3 is 2.44 bits per heavy atom. The fourth-order valence-electron chi connectivity index (χ4n) is 3.25. The Balaban J connectivity index is 1.57. The number of methoxy groups -OCH3 is 1. The Kier molecular flexibility index (Phi) is 6.07. The molecule has 32 heavy (non-hydrogen) atoms. The van der Waals surface area contributed by atoms with Crippen LogP contribution in [0.2, 0.25) is 0 Å². The van der Waals surface area contributed by atoms with Crippen LogP contribution in [-0.2, 0) is 0 Å². The predicted octanol–water partition coefficient (Wildman–Crippen LogP) is 5.17. The third kappa shape index (κ3) is 4.56. The zero-order valence-electron chi connectivity index (χ0n) is 18.6. The minimum Gasteiger partial charge on any atom is -0.497 e. The molecule has 164 valence electrons. The number of carbonyl (C=O) groups excluding carboxylic acids is 1. The van der Waals surface area contributed by atoms with E-state index in [2.05, 4.69) is 22.4 Å². The lowest BCUT2D eigenvalue weighted by atomic mass is 10.1. The molecule has 0 aliphatic heterocycles. The summed E-state index contributed by atoms with van der Waals surface area (Å²) < 4.78 is 11.0. The summed E-state index contributed by atoms with van der Waals surface area (Å²) in [5, 5.41) is 12.1. The third-order valence-corrected chi connectivity index (χ3v) is 5.29. The standard InChI is InChI=1S/C25H26N4O3/c1-5-17(3)32-21-8-6-7-18(14-21)25(30)26-22-15-24-23(13-16(22)2)27-29(28-24)19-9-11-20(31-4)12-10-19/h6-15,17H,5H2,1-4H3,(H,26,30). The average molecular weight is 431 g/mol. The number of amides is 1. The van der Waals surface area contributed by atoms with Crippen LogP contribution in [-0.4, -0.2) is 34.1 Å². The second-order valence-electron chi connectivity index (χ2n) is 7.66. The van der Waals surface area contributed by atoms with E-state index in [0.29, 0.717) is 22.5 Å². The van der Waals surface area contributed by atoms with Gasteiger partial charge in [-0.3, -0.25) is 4.79 Å². The van der Waals surface area contributed by atoms with Crippen molar-refractivity contribution < 1.29 is 14.3 Å². The number of rotatable bonds is 7. The zero-order valence-corrected chi connectivity index (χ0v) is 18.6. The van der Waals surface area contributed by atoms with Crippen LogP contribution >= 0.6 is 0 Å². The molecule has 4 rings (SSSR count). The first-order chi connectivity index (χ1) is 15.5.